The highest BCUT2D eigenvalue weighted by molar-refractivity contribution is 4.69. The van der Waals surface area contributed by atoms with Crippen molar-refractivity contribution < 1.29 is 4.74 Å². The summed E-state index contributed by atoms with van der Waals surface area (Å²) >= 11 is 0. The van der Waals surface area contributed by atoms with Gasteiger partial charge < -0.3 is 10.1 Å². The van der Waals surface area contributed by atoms with E-state index in [1.165, 1.54) is 32.1 Å². The average molecular weight is 213 g/mol. The van der Waals surface area contributed by atoms with Gasteiger partial charge in [-0.15, -0.1) is 0 Å². The lowest BCUT2D eigenvalue weighted by Crippen LogP contribution is -2.30. The van der Waals surface area contributed by atoms with Gasteiger partial charge in [-0.2, -0.15) is 0 Å². The first-order valence-electron chi connectivity index (χ1n) is 6.57. The van der Waals surface area contributed by atoms with Gasteiger partial charge in [0.1, 0.15) is 0 Å². The molecular weight excluding hydrogens is 186 g/mol. The van der Waals surface area contributed by atoms with Crippen LogP contribution in [0.1, 0.15) is 52.9 Å². The van der Waals surface area contributed by atoms with Crippen LogP contribution in [0.15, 0.2) is 0 Å². The van der Waals surface area contributed by atoms with E-state index >= 15 is 0 Å². The highest BCUT2D eigenvalue weighted by atomic mass is 16.5. The minimum Gasteiger partial charge on any atom is -0.378 e. The van der Waals surface area contributed by atoms with Gasteiger partial charge in [0.05, 0.1) is 6.10 Å². The molecule has 1 N–H and O–H groups in total. The molecule has 0 aliphatic carbocycles. The molecule has 1 aliphatic rings. The van der Waals surface area contributed by atoms with Crippen LogP contribution < -0.4 is 5.32 Å². The van der Waals surface area contributed by atoms with Gasteiger partial charge in [0.2, 0.25) is 0 Å². The Hall–Kier alpha value is -0.0800. The lowest BCUT2D eigenvalue weighted by Gasteiger charge is -2.18. The Bertz CT molecular complexity index is 155. The molecular formula is C13H27NO. The molecule has 0 aromatic heterocycles. The fourth-order valence-corrected chi connectivity index (χ4v) is 2.22. The molecule has 3 unspecified atom stereocenters. The minimum absolute atomic E-state index is 0.535. The van der Waals surface area contributed by atoms with Gasteiger partial charge in [0.15, 0.2) is 0 Å². The van der Waals surface area contributed by atoms with E-state index in [4.69, 9.17) is 4.74 Å². The van der Waals surface area contributed by atoms with Gasteiger partial charge in [-0.25, -0.2) is 0 Å². The zero-order valence-electron chi connectivity index (χ0n) is 10.6. The first-order chi connectivity index (χ1) is 7.22. The van der Waals surface area contributed by atoms with Crippen LogP contribution in [0.3, 0.4) is 0 Å². The Morgan fingerprint density at radius 2 is 2.20 bits per heavy atom. The first-order valence-corrected chi connectivity index (χ1v) is 6.57. The largest absolute Gasteiger partial charge is 0.378 e. The summed E-state index contributed by atoms with van der Waals surface area (Å²) in [6.07, 6.45) is 6.83. The summed E-state index contributed by atoms with van der Waals surface area (Å²) in [5.74, 6) is 0.843. The molecule has 0 bridgehead atoms. The maximum absolute atomic E-state index is 5.60. The quantitative estimate of drug-likeness (QED) is 0.702. The van der Waals surface area contributed by atoms with Gasteiger partial charge in [0, 0.05) is 12.6 Å². The molecule has 0 radical (unpaired) electrons. The summed E-state index contributed by atoms with van der Waals surface area (Å²) < 4.78 is 5.60. The Labute approximate surface area is 94.8 Å². The number of ether oxygens (including phenoxy) is 1. The molecule has 1 saturated heterocycles. The summed E-state index contributed by atoms with van der Waals surface area (Å²) in [6.45, 7) is 8.99. The van der Waals surface area contributed by atoms with Crippen molar-refractivity contribution in [1.82, 2.24) is 5.32 Å². The highest BCUT2D eigenvalue weighted by Gasteiger charge is 2.15. The van der Waals surface area contributed by atoms with Crippen molar-refractivity contribution in [3.63, 3.8) is 0 Å². The van der Waals surface area contributed by atoms with Crippen LogP contribution in [0.2, 0.25) is 0 Å². The summed E-state index contributed by atoms with van der Waals surface area (Å²) in [4.78, 5) is 0. The van der Waals surface area contributed by atoms with Gasteiger partial charge in [-0.05, 0) is 45.1 Å². The first kappa shape index (κ1) is 13.0. The second-order valence-corrected chi connectivity index (χ2v) is 5.03. The molecule has 90 valence electrons. The predicted octanol–water partition coefficient (Wildman–Crippen LogP) is 2.97. The van der Waals surface area contributed by atoms with Crippen molar-refractivity contribution in [1.29, 1.82) is 0 Å². The number of hydrogen-bond acceptors (Lipinski definition) is 2. The summed E-state index contributed by atoms with van der Waals surface area (Å²) in [7, 11) is 0. The predicted molar refractivity (Wildman–Crippen MR) is 65.1 cm³/mol. The minimum atomic E-state index is 0.535. The fourth-order valence-electron chi connectivity index (χ4n) is 2.22. The Morgan fingerprint density at radius 1 is 1.40 bits per heavy atom. The van der Waals surface area contributed by atoms with Gasteiger partial charge >= 0.3 is 0 Å². The van der Waals surface area contributed by atoms with E-state index in [2.05, 4.69) is 26.1 Å². The van der Waals surface area contributed by atoms with Gasteiger partial charge in [-0.1, -0.05) is 20.3 Å². The molecule has 2 nitrogen and oxygen atoms in total. The van der Waals surface area contributed by atoms with Crippen molar-refractivity contribution >= 4 is 0 Å². The zero-order valence-corrected chi connectivity index (χ0v) is 10.6. The van der Waals surface area contributed by atoms with Crippen LogP contribution in [-0.2, 0) is 4.74 Å². The van der Waals surface area contributed by atoms with E-state index in [1.54, 1.807) is 0 Å². The van der Waals surface area contributed by atoms with E-state index in [0.717, 1.165) is 19.1 Å². The summed E-state index contributed by atoms with van der Waals surface area (Å²) in [5.41, 5.74) is 0. The number of hydrogen-bond donors (Lipinski definition) is 1. The van der Waals surface area contributed by atoms with E-state index in [-0.39, 0.29) is 0 Å². The van der Waals surface area contributed by atoms with Gasteiger partial charge in [-0.3, -0.25) is 0 Å². The lowest BCUT2D eigenvalue weighted by molar-refractivity contribution is 0.103. The molecule has 3 atom stereocenters. The monoisotopic (exact) mass is 213 g/mol. The second-order valence-electron chi connectivity index (χ2n) is 5.03. The molecule has 1 rings (SSSR count). The topological polar surface area (TPSA) is 21.3 Å². The molecule has 1 fully saturated rings. The van der Waals surface area contributed by atoms with Crippen LogP contribution in [0.25, 0.3) is 0 Å². The van der Waals surface area contributed by atoms with Gasteiger partial charge in [0.25, 0.3) is 0 Å². The van der Waals surface area contributed by atoms with E-state index in [9.17, 15) is 0 Å². The smallest absolute Gasteiger partial charge is 0.0588 e. The van der Waals surface area contributed by atoms with Crippen LogP contribution >= 0.6 is 0 Å². The third-order valence-corrected chi connectivity index (χ3v) is 3.44. The van der Waals surface area contributed by atoms with Crippen molar-refractivity contribution in [3.05, 3.63) is 0 Å². The van der Waals surface area contributed by atoms with Crippen LogP contribution in [0, 0.1) is 5.92 Å². The average Bonchev–Trinajstić information content (AvgIpc) is 2.70. The molecule has 0 aromatic rings. The number of nitrogens with one attached hydrogen (secondary N) is 1. The van der Waals surface area contributed by atoms with E-state index < -0.39 is 0 Å². The molecule has 0 spiro atoms. The second kappa shape index (κ2) is 7.24. The summed E-state index contributed by atoms with van der Waals surface area (Å²) in [5, 5.41) is 3.59. The Balaban J connectivity index is 1.98. The van der Waals surface area contributed by atoms with Crippen LogP contribution in [-0.4, -0.2) is 25.3 Å². The van der Waals surface area contributed by atoms with Crippen LogP contribution in [0.4, 0.5) is 0 Å². The molecule has 0 amide bonds. The third kappa shape index (κ3) is 5.53. The Morgan fingerprint density at radius 3 is 2.80 bits per heavy atom. The van der Waals surface area contributed by atoms with Crippen molar-refractivity contribution in [2.24, 2.45) is 5.92 Å². The van der Waals surface area contributed by atoms with Crippen molar-refractivity contribution in [2.45, 2.75) is 65.0 Å². The normalized spacial score (nSPS) is 25.4. The lowest BCUT2D eigenvalue weighted by atomic mass is 10.0. The maximum atomic E-state index is 5.60. The third-order valence-electron chi connectivity index (χ3n) is 3.44. The standard InChI is InChI=1S/C13H27NO/c1-4-11(2)10-12(3)14-8-7-13-6-5-9-15-13/h11-14H,4-10H2,1-3H3. The highest BCUT2D eigenvalue weighted by Crippen LogP contribution is 2.15. The van der Waals surface area contributed by atoms with Crippen LogP contribution in [0.5, 0.6) is 0 Å². The molecule has 0 aromatic carbocycles. The fraction of sp³-hybridized carbons (Fsp3) is 1.00. The zero-order chi connectivity index (χ0) is 11.1. The SMILES string of the molecule is CCC(C)CC(C)NCCC1CCCO1. The van der Waals surface area contributed by atoms with Crippen molar-refractivity contribution in [2.75, 3.05) is 13.2 Å². The summed E-state index contributed by atoms with van der Waals surface area (Å²) in [6, 6.07) is 0.654. The molecule has 1 aliphatic heterocycles. The molecule has 0 saturated carbocycles. The maximum Gasteiger partial charge on any atom is 0.0588 e. The number of rotatable bonds is 7. The Kier molecular flexibility index (Phi) is 6.26. The molecule has 15 heavy (non-hydrogen) atoms. The van der Waals surface area contributed by atoms with E-state index in [1.807, 2.05) is 0 Å². The molecule has 2 heteroatoms. The van der Waals surface area contributed by atoms with E-state index in [0.29, 0.717) is 12.1 Å². The molecule has 1 heterocycles. The van der Waals surface area contributed by atoms with Crippen molar-refractivity contribution in [3.8, 4) is 0 Å².